The third-order valence-corrected chi connectivity index (χ3v) is 4.56. The van der Waals surface area contributed by atoms with Gasteiger partial charge in [-0.15, -0.1) is 11.3 Å². The molecular weight excluding hydrogens is 316 g/mol. The van der Waals surface area contributed by atoms with E-state index in [4.69, 9.17) is 11.6 Å². The lowest BCUT2D eigenvalue weighted by atomic mass is 10.1. The van der Waals surface area contributed by atoms with Gasteiger partial charge in [-0.2, -0.15) is 0 Å². The molecular formula is C17H15ClN2OS. The highest BCUT2D eigenvalue weighted by Gasteiger charge is 2.13. The molecule has 3 aromatic rings. The molecule has 0 unspecified atom stereocenters. The maximum Gasteiger partial charge on any atom is 0.224 e. The fourth-order valence-corrected chi connectivity index (χ4v) is 3.40. The largest absolute Gasteiger partial charge is 0.325 e. The monoisotopic (exact) mass is 330 g/mol. The number of fused-ring (bicyclic) bond motifs is 1. The van der Waals surface area contributed by atoms with Crippen molar-refractivity contribution < 1.29 is 4.79 Å². The van der Waals surface area contributed by atoms with E-state index < -0.39 is 0 Å². The first-order chi connectivity index (χ1) is 10.7. The van der Waals surface area contributed by atoms with Crippen LogP contribution in [0.25, 0.3) is 20.8 Å². The number of aromatic nitrogens is 1. The van der Waals surface area contributed by atoms with Crippen molar-refractivity contribution >= 4 is 44.7 Å². The smallest absolute Gasteiger partial charge is 0.224 e. The van der Waals surface area contributed by atoms with E-state index in [1.165, 1.54) is 0 Å². The molecule has 2 aromatic carbocycles. The molecule has 1 N–H and O–H groups in total. The number of halogens is 1. The molecule has 3 rings (SSSR count). The molecule has 5 heteroatoms. The van der Waals surface area contributed by atoms with E-state index >= 15 is 0 Å². The zero-order valence-corrected chi connectivity index (χ0v) is 13.7. The van der Waals surface area contributed by atoms with E-state index in [-0.39, 0.29) is 5.91 Å². The molecule has 1 heterocycles. The average molecular weight is 331 g/mol. The Bertz CT molecular complexity index is 795. The predicted molar refractivity (Wildman–Crippen MR) is 93.6 cm³/mol. The Balaban J connectivity index is 2.04. The number of amides is 1. The van der Waals surface area contributed by atoms with Crippen molar-refractivity contribution in [3.05, 3.63) is 47.5 Å². The Hall–Kier alpha value is -1.91. The van der Waals surface area contributed by atoms with Crippen LogP contribution in [-0.4, -0.2) is 10.9 Å². The molecule has 0 bridgehead atoms. The number of benzene rings is 2. The number of rotatable bonds is 4. The average Bonchev–Trinajstić information content (AvgIpc) is 2.93. The van der Waals surface area contributed by atoms with Gasteiger partial charge >= 0.3 is 0 Å². The van der Waals surface area contributed by atoms with Gasteiger partial charge < -0.3 is 5.32 Å². The summed E-state index contributed by atoms with van der Waals surface area (Å²) in [5.41, 5.74) is 2.56. The maximum absolute atomic E-state index is 11.9. The van der Waals surface area contributed by atoms with Crippen molar-refractivity contribution in [1.82, 2.24) is 4.98 Å². The third-order valence-electron chi connectivity index (χ3n) is 3.26. The van der Waals surface area contributed by atoms with E-state index in [9.17, 15) is 4.79 Å². The normalized spacial score (nSPS) is 10.8. The van der Waals surface area contributed by atoms with Gasteiger partial charge in [0.1, 0.15) is 5.01 Å². The second kappa shape index (κ2) is 6.46. The van der Waals surface area contributed by atoms with E-state index in [1.807, 2.05) is 43.3 Å². The number of anilines is 1. The lowest BCUT2D eigenvalue weighted by Gasteiger charge is -2.09. The van der Waals surface area contributed by atoms with E-state index in [2.05, 4.69) is 10.3 Å². The molecule has 0 radical (unpaired) electrons. The number of nitrogens with one attached hydrogen (secondary N) is 1. The number of carbonyl (C=O) groups is 1. The lowest BCUT2D eigenvalue weighted by Crippen LogP contribution is -2.11. The molecule has 0 fully saturated rings. The number of thiazole rings is 1. The summed E-state index contributed by atoms with van der Waals surface area (Å²) in [5, 5.41) is 4.44. The summed E-state index contributed by atoms with van der Waals surface area (Å²) in [7, 11) is 0. The van der Waals surface area contributed by atoms with Crippen LogP contribution >= 0.6 is 22.9 Å². The second-order valence-electron chi connectivity index (χ2n) is 4.97. The minimum absolute atomic E-state index is 0.00665. The van der Waals surface area contributed by atoms with Gasteiger partial charge in [-0.1, -0.05) is 30.7 Å². The first-order valence-corrected chi connectivity index (χ1v) is 8.32. The van der Waals surface area contributed by atoms with Gasteiger partial charge in [0.25, 0.3) is 0 Å². The van der Waals surface area contributed by atoms with E-state index in [1.54, 1.807) is 17.4 Å². The van der Waals surface area contributed by atoms with E-state index in [0.29, 0.717) is 11.4 Å². The van der Waals surface area contributed by atoms with Crippen LogP contribution in [0, 0.1) is 0 Å². The zero-order valence-electron chi connectivity index (χ0n) is 12.1. The number of nitrogens with zero attached hydrogens (tertiary/aromatic N) is 1. The van der Waals surface area contributed by atoms with Gasteiger partial charge in [-0.3, -0.25) is 4.79 Å². The molecule has 0 saturated carbocycles. The molecule has 0 aliphatic carbocycles. The molecule has 1 aromatic heterocycles. The minimum atomic E-state index is 0.00665. The fraction of sp³-hybridized carbons (Fsp3) is 0.176. The summed E-state index contributed by atoms with van der Waals surface area (Å²) in [6, 6.07) is 13.4. The van der Waals surface area contributed by atoms with Crippen molar-refractivity contribution in [1.29, 1.82) is 0 Å². The lowest BCUT2D eigenvalue weighted by molar-refractivity contribution is -0.116. The van der Waals surface area contributed by atoms with Gasteiger partial charge in [0, 0.05) is 17.0 Å². The van der Waals surface area contributed by atoms with Crippen LogP contribution in [-0.2, 0) is 4.79 Å². The molecule has 1 amide bonds. The molecule has 112 valence electrons. The van der Waals surface area contributed by atoms with Crippen molar-refractivity contribution in [2.45, 2.75) is 19.8 Å². The van der Waals surface area contributed by atoms with Gasteiger partial charge in [0.2, 0.25) is 5.91 Å². The first kappa shape index (κ1) is 15.0. The van der Waals surface area contributed by atoms with Gasteiger partial charge in [-0.25, -0.2) is 4.98 Å². The predicted octanol–water partition coefficient (Wildman–Crippen LogP) is 5.36. The Labute approximate surface area is 138 Å². The van der Waals surface area contributed by atoms with E-state index in [0.717, 1.165) is 32.9 Å². The van der Waals surface area contributed by atoms with Crippen molar-refractivity contribution in [2.75, 3.05) is 5.32 Å². The van der Waals surface area contributed by atoms with Crippen LogP contribution in [0.1, 0.15) is 19.8 Å². The summed E-state index contributed by atoms with van der Waals surface area (Å²) in [4.78, 5) is 16.5. The van der Waals surface area contributed by atoms with Crippen LogP contribution in [0.2, 0.25) is 5.02 Å². The molecule has 0 atom stereocenters. The summed E-state index contributed by atoms with van der Waals surface area (Å²) in [5.74, 6) is 0.00665. The fourth-order valence-electron chi connectivity index (χ4n) is 2.23. The topological polar surface area (TPSA) is 42.0 Å². The van der Waals surface area contributed by atoms with Crippen molar-refractivity contribution in [3.63, 3.8) is 0 Å². The highest BCUT2D eigenvalue weighted by Crippen LogP contribution is 2.36. The summed E-state index contributed by atoms with van der Waals surface area (Å²) < 4.78 is 1.11. The Kier molecular flexibility index (Phi) is 4.41. The van der Waals surface area contributed by atoms with Gasteiger partial charge in [0.15, 0.2) is 0 Å². The molecule has 3 nitrogen and oxygen atoms in total. The van der Waals surface area contributed by atoms with Crippen LogP contribution < -0.4 is 5.32 Å². The molecule has 0 aliphatic heterocycles. The van der Waals surface area contributed by atoms with Crippen LogP contribution in [0.4, 0.5) is 5.69 Å². The Morgan fingerprint density at radius 3 is 2.86 bits per heavy atom. The highest BCUT2D eigenvalue weighted by molar-refractivity contribution is 7.21. The number of carbonyl (C=O) groups excluding carboxylic acids is 1. The Morgan fingerprint density at radius 1 is 1.27 bits per heavy atom. The standard InChI is InChI=1S/C17H15ClN2OS/c1-2-5-16(21)19-13-9-8-11(18)10-12(13)17-20-14-6-3-4-7-15(14)22-17/h3-4,6-10H,2,5H2,1H3,(H,19,21). The highest BCUT2D eigenvalue weighted by atomic mass is 35.5. The summed E-state index contributed by atoms with van der Waals surface area (Å²) >= 11 is 7.72. The zero-order chi connectivity index (χ0) is 15.5. The van der Waals surface area contributed by atoms with Crippen molar-refractivity contribution in [2.24, 2.45) is 0 Å². The third kappa shape index (κ3) is 3.13. The van der Waals surface area contributed by atoms with Crippen molar-refractivity contribution in [3.8, 4) is 10.6 Å². The molecule has 0 spiro atoms. The molecule has 0 saturated heterocycles. The summed E-state index contributed by atoms with van der Waals surface area (Å²) in [6.45, 7) is 1.98. The van der Waals surface area contributed by atoms with Gasteiger partial charge in [-0.05, 0) is 36.8 Å². The Morgan fingerprint density at radius 2 is 2.09 bits per heavy atom. The maximum atomic E-state index is 11.9. The molecule has 0 aliphatic rings. The van der Waals surface area contributed by atoms with Crippen LogP contribution in [0.5, 0.6) is 0 Å². The van der Waals surface area contributed by atoms with Gasteiger partial charge in [0.05, 0.1) is 15.9 Å². The first-order valence-electron chi connectivity index (χ1n) is 7.12. The quantitative estimate of drug-likeness (QED) is 0.700. The van der Waals surface area contributed by atoms with Crippen LogP contribution in [0.15, 0.2) is 42.5 Å². The number of para-hydroxylation sites is 1. The number of hydrogen-bond acceptors (Lipinski definition) is 3. The number of hydrogen-bond donors (Lipinski definition) is 1. The second-order valence-corrected chi connectivity index (χ2v) is 6.44. The minimum Gasteiger partial charge on any atom is -0.325 e. The molecule has 22 heavy (non-hydrogen) atoms. The SMILES string of the molecule is CCCC(=O)Nc1ccc(Cl)cc1-c1nc2ccccc2s1. The van der Waals surface area contributed by atoms with Crippen LogP contribution in [0.3, 0.4) is 0 Å². The summed E-state index contributed by atoms with van der Waals surface area (Å²) in [6.07, 6.45) is 1.32.